The minimum Gasteiger partial charge on any atom is -0.507 e. The number of carbonyl (C=O) groups excluding carboxylic acids is 1. The summed E-state index contributed by atoms with van der Waals surface area (Å²) in [6.45, 7) is 21.3. The molecule has 0 aliphatic carbocycles. The molecule has 206 valence electrons. The Kier molecular flexibility index (Phi) is 9.78. The number of aromatic hydroxyl groups is 1. The fraction of sp³-hybridized carbons (Fsp3) is 0.594. The predicted molar refractivity (Wildman–Crippen MR) is 151 cm³/mol. The maximum atomic E-state index is 13.9. The summed E-state index contributed by atoms with van der Waals surface area (Å²) in [4.78, 5) is 13.9. The number of phenolic OH excluding ortho intramolecular Hbond substituents is 1. The number of methoxy groups -OCH3 is 1. The quantitative estimate of drug-likeness (QED) is 0.234. The van der Waals surface area contributed by atoms with Crippen LogP contribution in [0.1, 0.15) is 115 Å². The van der Waals surface area contributed by atoms with Crippen molar-refractivity contribution in [2.45, 2.75) is 104 Å². The van der Waals surface area contributed by atoms with Gasteiger partial charge in [-0.1, -0.05) is 78.8 Å². The first kappa shape index (κ1) is 31.0. The van der Waals surface area contributed by atoms with Gasteiger partial charge in [0, 0.05) is 24.8 Å². The fourth-order valence-electron chi connectivity index (χ4n) is 4.61. The zero-order valence-electron chi connectivity index (χ0n) is 24.9. The van der Waals surface area contributed by atoms with Crippen molar-refractivity contribution >= 4 is 5.78 Å². The van der Waals surface area contributed by atoms with Gasteiger partial charge in [-0.15, -0.1) is 0 Å². The summed E-state index contributed by atoms with van der Waals surface area (Å²) in [6.07, 6.45) is 1.62. The topological polar surface area (TPSA) is 65.0 Å². The molecule has 1 unspecified atom stereocenters. The average Bonchev–Trinajstić information content (AvgIpc) is 2.85. The molecule has 37 heavy (non-hydrogen) atoms. The maximum absolute atomic E-state index is 13.9. The first-order chi connectivity index (χ1) is 17.1. The molecule has 0 aromatic heterocycles. The summed E-state index contributed by atoms with van der Waals surface area (Å²) < 4.78 is 18.9. The van der Waals surface area contributed by atoms with Gasteiger partial charge in [-0.25, -0.2) is 0 Å². The molecule has 1 atom stereocenters. The van der Waals surface area contributed by atoms with Crippen LogP contribution < -0.4 is 0 Å². The minimum absolute atomic E-state index is 0.0830. The molecule has 0 amide bonds. The van der Waals surface area contributed by atoms with Gasteiger partial charge in [0.1, 0.15) is 12.4 Å². The Bertz CT molecular complexity index is 1060. The van der Waals surface area contributed by atoms with Gasteiger partial charge in [-0.05, 0) is 61.6 Å². The van der Waals surface area contributed by atoms with Crippen molar-refractivity contribution < 1.29 is 24.1 Å². The van der Waals surface area contributed by atoms with E-state index in [1.807, 2.05) is 39.0 Å². The SMILES string of the molecule is CCOC(COC(C)(C)CC)(OC)c1cc(O)c(C(=O)c2ccccc2)c(C(C)(C)C)c1C(C)(C)CC. The summed E-state index contributed by atoms with van der Waals surface area (Å²) in [5.74, 6) is -1.56. The maximum Gasteiger partial charge on any atom is 0.219 e. The van der Waals surface area contributed by atoms with Crippen LogP contribution in [-0.4, -0.2) is 36.8 Å². The summed E-state index contributed by atoms with van der Waals surface area (Å²) >= 11 is 0. The highest BCUT2D eigenvalue weighted by Gasteiger charge is 2.45. The van der Waals surface area contributed by atoms with E-state index in [0.29, 0.717) is 23.3 Å². The molecule has 0 saturated heterocycles. The van der Waals surface area contributed by atoms with E-state index >= 15 is 0 Å². The molecule has 0 spiro atoms. The Morgan fingerprint density at radius 3 is 1.92 bits per heavy atom. The van der Waals surface area contributed by atoms with Gasteiger partial charge in [-0.3, -0.25) is 4.79 Å². The lowest BCUT2D eigenvalue weighted by molar-refractivity contribution is -0.270. The number of ketones is 1. The number of phenols is 1. The third-order valence-electron chi connectivity index (χ3n) is 7.50. The highest BCUT2D eigenvalue weighted by Crippen LogP contribution is 2.48. The Morgan fingerprint density at radius 2 is 1.46 bits per heavy atom. The van der Waals surface area contributed by atoms with Crippen molar-refractivity contribution in [3.05, 3.63) is 64.2 Å². The second kappa shape index (κ2) is 11.7. The van der Waals surface area contributed by atoms with Gasteiger partial charge in [0.2, 0.25) is 5.79 Å². The number of carbonyl (C=O) groups is 1. The Morgan fingerprint density at radius 1 is 0.865 bits per heavy atom. The van der Waals surface area contributed by atoms with Crippen LogP contribution in [0.2, 0.25) is 0 Å². The molecule has 2 aromatic carbocycles. The van der Waals surface area contributed by atoms with E-state index in [-0.39, 0.29) is 29.2 Å². The third kappa shape index (κ3) is 6.63. The average molecular weight is 513 g/mol. The second-order valence-electron chi connectivity index (χ2n) is 12.0. The van der Waals surface area contributed by atoms with E-state index < -0.39 is 11.2 Å². The van der Waals surface area contributed by atoms with E-state index in [4.69, 9.17) is 14.2 Å². The van der Waals surface area contributed by atoms with Gasteiger partial charge >= 0.3 is 0 Å². The smallest absolute Gasteiger partial charge is 0.219 e. The van der Waals surface area contributed by atoms with Crippen LogP contribution >= 0.6 is 0 Å². The van der Waals surface area contributed by atoms with Crippen LogP contribution in [-0.2, 0) is 30.8 Å². The van der Waals surface area contributed by atoms with E-state index in [0.717, 1.165) is 24.0 Å². The van der Waals surface area contributed by atoms with Crippen LogP contribution in [0.3, 0.4) is 0 Å². The molecule has 1 N–H and O–H groups in total. The molecule has 0 aliphatic heterocycles. The van der Waals surface area contributed by atoms with Crippen LogP contribution in [0.25, 0.3) is 0 Å². The van der Waals surface area contributed by atoms with E-state index in [9.17, 15) is 9.90 Å². The van der Waals surface area contributed by atoms with Gasteiger partial charge in [0.25, 0.3) is 0 Å². The predicted octanol–water partition coefficient (Wildman–Crippen LogP) is 7.65. The van der Waals surface area contributed by atoms with E-state index in [1.165, 1.54) is 0 Å². The lowest BCUT2D eigenvalue weighted by Crippen LogP contribution is -2.43. The lowest BCUT2D eigenvalue weighted by Gasteiger charge is -2.42. The van der Waals surface area contributed by atoms with Crippen LogP contribution in [0.15, 0.2) is 36.4 Å². The molecule has 0 heterocycles. The number of hydrogen-bond donors (Lipinski definition) is 1. The third-order valence-corrected chi connectivity index (χ3v) is 7.50. The fourth-order valence-corrected chi connectivity index (χ4v) is 4.61. The normalized spacial score (nSPS) is 14.5. The Labute approximate surface area is 224 Å². The summed E-state index contributed by atoms with van der Waals surface area (Å²) in [5.41, 5.74) is 2.10. The molecule has 0 aliphatic rings. The molecule has 5 nitrogen and oxygen atoms in total. The van der Waals surface area contributed by atoms with Gasteiger partial charge in [0.15, 0.2) is 5.78 Å². The molecule has 2 rings (SSSR count). The standard InChI is InChI=1S/C32H48O5/c1-12-30(7,8)26-23(32(35-11,36-14-3)21-37-31(9,10)13-2)20-24(33)25(27(26)29(4,5)6)28(34)22-18-16-15-17-19-22/h15-20,33H,12-14,21H2,1-11H3. The van der Waals surface area contributed by atoms with Crippen LogP contribution in [0, 0.1) is 0 Å². The summed E-state index contributed by atoms with van der Waals surface area (Å²) in [5, 5.41) is 11.6. The van der Waals surface area contributed by atoms with Crippen molar-refractivity contribution in [1.82, 2.24) is 0 Å². The molecular formula is C32H48O5. The second-order valence-corrected chi connectivity index (χ2v) is 12.0. The van der Waals surface area contributed by atoms with Crippen molar-refractivity contribution in [2.75, 3.05) is 20.3 Å². The largest absolute Gasteiger partial charge is 0.507 e. The van der Waals surface area contributed by atoms with Crippen molar-refractivity contribution in [3.63, 3.8) is 0 Å². The molecule has 0 bridgehead atoms. The summed E-state index contributed by atoms with van der Waals surface area (Å²) in [6, 6.07) is 10.8. The molecular weight excluding hydrogens is 464 g/mol. The first-order valence-corrected chi connectivity index (χ1v) is 13.4. The van der Waals surface area contributed by atoms with Crippen molar-refractivity contribution in [3.8, 4) is 5.75 Å². The van der Waals surface area contributed by atoms with Gasteiger partial charge in [0.05, 0.1) is 11.2 Å². The van der Waals surface area contributed by atoms with E-state index in [1.54, 1.807) is 25.3 Å². The Balaban J connectivity index is 3.05. The van der Waals surface area contributed by atoms with E-state index in [2.05, 4.69) is 48.5 Å². The minimum atomic E-state index is -1.27. The molecule has 0 radical (unpaired) electrons. The number of ether oxygens (including phenoxy) is 3. The van der Waals surface area contributed by atoms with Crippen molar-refractivity contribution in [2.24, 2.45) is 0 Å². The number of benzene rings is 2. The summed E-state index contributed by atoms with van der Waals surface area (Å²) in [7, 11) is 1.61. The Hall–Kier alpha value is -2.21. The van der Waals surface area contributed by atoms with Crippen molar-refractivity contribution in [1.29, 1.82) is 0 Å². The number of rotatable bonds is 12. The molecule has 0 fully saturated rings. The zero-order chi connectivity index (χ0) is 28.2. The zero-order valence-corrected chi connectivity index (χ0v) is 24.9. The van der Waals surface area contributed by atoms with Crippen LogP contribution in [0.5, 0.6) is 5.75 Å². The van der Waals surface area contributed by atoms with Gasteiger partial charge in [-0.2, -0.15) is 0 Å². The molecule has 0 saturated carbocycles. The lowest BCUT2D eigenvalue weighted by atomic mass is 9.67. The molecule has 5 heteroatoms. The first-order valence-electron chi connectivity index (χ1n) is 13.4. The van der Waals surface area contributed by atoms with Crippen LogP contribution in [0.4, 0.5) is 0 Å². The molecule has 2 aromatic rings. The highest BCUT2D eigenvalue weighted by atomic mass is 16.7. The van der Waals surface area contributed by atoms with Gasteiger partial charge < -0.3 is 19.3 Å². The number of hydrogen-bond acceptors (Lipinski definition) is 5. The highest BCUT2D eigenvalue weighted by molar-refractivity contribution is 6.12. The monoisotopic (exact) mass is 512 g/mol.